The summed E-state index contributed by atoms with van der Waals surface area (Å²) < 4.78 is 5.82. The second-order valence-electron chi connectivity index (χ2n) is 7.24. The predicted octanol–water partition coefficient (Wildman–Crippen LogP) is 6.17. The van der Waals surface area contributed by atoms with Crippen molar-refractivity contribution in [3.8, 4) is 11.5 Å². The van der Waals surface area contributed by atoms with Gasteiger partial charge in [-0.3, -0.25) is 4.79 Å². The maximum Gasteiger partial charge on any atom is 0.271 e. The van der Waals surface area contributed by atoms with Gasteiger partial charge in [-0.15, -0.1) is 0 Å². The molecular formula is C24H22Cl2N2O3. The van der Waals surface area contributed by atoms with Crippen molar-refractivity contribution in [2.24, 2.45) is 5.10 Å². The second-order valence-corrected chi connectivity index (χ2v) is 8.05. The van der Waals surface area contributed by atoms with Crippen molar-refractivity contribution < 1.29 is 14.6 Å². The van der Waals surface area contributed by atoms with Crippen LogP contribution in [0.25, 0.3) is 0 Å². The van der Waals surface area contributed by atoms with Crippen molar-refractivity contribution in [3.05, 3.63) is 93.0 Å². The Labute approximate surface area is 191 Å². The van der Waals surface area contributed by atoms with Gasteiger partial charge >= 0.3 is 0 Å². The van der Waals surface area contributed by atoms with Crippen molar-refractivity contribution in [2.45, 2.75) is 26.4 Å². The average molecular weight is 457 g/mol. The molecule has 0 aliphatic heterocycles. The minimum Gasteiger partial charge on any atom is -0.506 e. The molecule has 3 rings (SSSR count). The Balaban J connectivity index is 1.57. The molecule has 7 heteroatoms. The molecule has 1 amide bonds. The molecule has 0 radical (unpaired) electrons. The molecule has 0 aliphatic carbocycles. The molecule has 3 aromatic carbocycles. The van der Waals surface area contributed by atoms with Gasteiger partial charge in [0.25, 0.3) is 5.91 Å². The van der Waals surface area contributed by atoms with Crippen LogP contribution >= 0.6 is 23.2 Å². The first-order chi connectivity index (χ1) is 14.8. The van der Waals surface area contributed by atoms with E-state index in [4.69, 9.17) is 27.9 Å². The van der Waals surface area contributed by atoms with E-state index in [-0.39, 0.29) is 16.3 Å². The molecule has 0 atom stereocenters. The highest BCUT2D eigenvalue weighted by Gasteiger charge is 2.08. The summed E-state index contributed by atoms with van der Waals surface area (Å²) in [6, 6.07) is 17.7. The molecule has 0 heterocycles. The van der Waals surface area contributed by atoms with Crippen LogP contribution in [0, 0.1) is 0 Å². The van der Waals surface area contributed by atoms with Gasteiger partial charge in [0.15, 0.2) is 0 Å². The number of nitrogens with zero attached hydrogens (tertiary/aromatic N) is 1. The minimum atomic E-state index is -0.451. The largest absolute Gasteiger partial charge is 0.506 e. The third-order valence-corrected chi connectivity index (χ3v) is 5.18. The molecule has 0 saturated carbocycles. The minimum absolute atomic E-state index is 0.0914. The lowest BCUT2D eigenvalue weighted by molar-refractivity contribution is 0.0955. The molecule has 2 N–H and O–H groups in total. The molecular weight excluding hydrogens is 435 g/mol. The van der Waals surface area contributed by atoms with Gasteiger partial charge in [-0.05, 0) is 59.0 Å². The van der Waals surface area contributed by atoms with Crippen LogP contribution in [0.4, 0.5) is 0 Å². The predicted molar refractivity (Wildman–Crippen MR) is 124 cm³/mol. The van der Waals surface area contributed by atoms with Crippen LogP contribution in [0.3, 0.4) is 0 Å². The summed E-state index contributed by atoms with van der Waals surface area (Å²) in [5.41, 5.74) is 5.72. The summed E-state index contributed by atoms with van der Waals surface area (Å²) in [6.07, 6.45) is 1.47. The Morgan fingerprint density at radius 1 is 1.06 bits per heavy atom. The van der Waals surface area contributed by atoms with E-state index < -0.39 is 5.91 Å². The summed E-state index contributed by atoms with van der Waals surface area (Å²) in [7, 11) is 0. The zero-order valence-electron chi connectivity index (χ0n) is 17.1. The van der Waals surface area contributed by atoms with Crippen molar-refractivity contribution >= 4 is 35.3 Å². The molecule has 5 nitrogen and oxygen atoms in total. The average Bonchev–Trinajstić information content (AvgIpc) is 2.75. The number of rotatable bonds is 7. The van der Waals surface area contributed by atoms with E-state index >= 15 is 0 Å². The van der Waals surface area contributed by atoms with E-state index in [0.29, 0.717) is 28.9 Å². The first kappa shape index (κ1) is 22.7. The van der Waals surface area contributed by atoms with E-state index in [9.17, 15) is 9.90 Å². The van der Waals surface area contributed by atoms with Gasteiger partial charge in [0.05, 0.1) is 16.3 Å². The summed E-state index contributed by atoms with van der Waals surface area (Å²) >= 11 is 12.1. The molecule has 0 spiro atoms. The number of halogens is 2. The van der Waals surface area contributed by atoms with Crippen LogP contribution in [0.1, 0.15) is 46.8 Å². The van der Waals surface area contributed by atoms with Crippen LogP contribution < -0.4 is 10.2 Å². The number of hydrogen-bond donors (Lipinski definition) is 2. The molecule has 0 aliphatic rings. The number of carbonyl (C=O) groups is 1. The first-order valence-corrected chi connectivity index (χ1v) is 10.4. The van der Waals surface area contributed by atoms with E-state index in [1.807, 2.05) is 12.1 Å². The molecule has 0 bridgehead atoms. The fourth-order valence-corrected chi connectivity index (χ4v) is 3.18. The normalized spacial score (nSPS) is 11.1. The molecule has 31 heavy (non-hydrogen) atoms. The SMILES string of the molecule is CC(C)c1ccc(COc2ccc(C=NNC(=O)c3ccc(O)c(Cl)c3)cc2Cl)cc1. The van der Waals surface area contributed by atoms with E-state index in [1.54, 1.807) is 18.2 Å². The van der Waals surface area contributed by atoms with Gasteiger partial charge in [0, 0.05) is 5.56 Å². The highest BCUT2D eigenvalue weighted by Crippen LogP contribution is 2.26. The Morgan fingerprint density at radius 2 is 1.81 bits per heavy atom. The number of amides is 1. The van der Waals surface area contributed by atoms with Gasteiger partial charge in [-0.1, -0.05) is 61.3 Å². The number of carbonyl (C=O) groups excluding carboxylic acids is 1. The zero-order valence-corrected chi connectivity index (χ0v) is 18.6. The highest BCUT2D eigenvalue weighted by atomic mass is 35.5. The number of ether oxygens (including phenoxy) is 1. The fourth-order valence-electron chi connectivity index (χ4n) is 2.75. The van der Waals surface area contributed by atoms with Gasteiger partial charge in [0.1, 0.15) is 18.1 Å². The maximum atomic E-state index is 12.1. The van der Waals surface area contributed by atoms with Gasteiger partial charge in [-0.2, -0.15) is 5.10 Å². The lowest BCUT2D eigenvalue weighted by Crippen LogP contribution is -2.17. The smallest absolute Gasteiger partial charge is 0.271 e. The molecule has 0 unspecified atom stereocenters. The fraction of sp³-hybridized carbons (Fsp3) is 0.167. The molecule has 0 saturated heterocycles. The number of aromatic hydroxyl groups is 1. The quantitative estimate of drug-likeness (QED) is 0.330. The van der Waals surface area contributed by atoms with Crippen molar-refractivity contribution in [1.29, 1.82) is 0 Å². The summed E-state index contributed by atoms with van der Waals surface area (Å²) in [5.74, 6) is 0.510. The number of phenols is 1. The van der Waals surface area contributed by atoms with Crippen LogP contribution in [0.15, 0.2) is 65.8 Å². The third-order valence-electron chi connectivity index (χ3n) is 4.59. The first-order valence-electron chi connectivity index (χ1n) is 9.66. The Bertz CT molecular complexity index is 1100. The lowest BCUT2D eigenvalue weighted by atomic mass is 10.0. The Morgan fingerprint density at radius 3 is 2.45 bits per heavy atom. The number of hydrazone groups is 1. The number of phenolic OH excluding ortho intramolecular Hbond substituents is 1. The van der Waals surface area contributed by atoms with Crippen molar-refractivity contribution in [3.63, 3.8) is 0 Å². The standard InChI is InChI=1S/C24H22Cl2N2O3/c1-15(2)18-6-3-16(4-7-18)14-31-23-10-5-17(11-21(23)26)13-27-28-24(30)19-8-9-22(29)20(25)12-19/h3-13,15,29H,14H2,1-2H3,(H,28,30). The third kappa shape index (κ3) is 6.23. The molecule has 0 aromatic heterocycles. The van der Waals surface area contributed by atoms with E-state index in [1.165, 1.54) is 30.0 Å². The van der Waals surface area contributed by atoms with Crippen LogP contribution in [-0.4, -0.2) is 17.2 Å². The molecule has 0 fully saturated rings. The number of nitrogens with one attached hydrogen (secondary N) is 1. The number of benzene rings is 3. The molecule has 3 aromatic rings. The topological polar surface area (TPSA) is 70.9 Å². The monoisotopic (exact) mass is 456 g/mol. The summed E-state index contributed by atoms with van der Waals surface area (Å²) in [4.78, 5) is 12.1. The van der Waals surface area contributed by atoms with Gasteiger partial charge < -0.3 is 9.84 Å². The number of hydrogen-bond acceptors (Lipinski definition) is 4. The summed E-state index contributed by atoms with van der Waals surface area (Å²) in [5, 5.41) is 13.9. The maximum absolute atomic E-state index is 12.1. The van der Waals surface area contributed by atoms with Crippen LogP contribution in [-0.2, 0) is 6.61 Å². The van der Waals surface area contributed by atoms with E-state index in [2.05, 4.69) is 36.5 Å². The highest BCUT2D eigenvalue weighted by molar-refractivity contribution is 6.32. The van der Waals surface area contributed by atoms with Gasteiger partial charge in [-0.25, -0.2) is 5.43 Å². The second kappa shape index (κ2) is 10.3. The lowest BCUT2D eigenvalue weighted by Gasteiger charge is -2.10. The van der Waals surface area contributed by atoms with E-state index in [0.717, 1.165) is 5.56 Å². The summed E-state index contributed by atoms with van der Waals surface area (Å²) in [6.45, 7) is 4.73. The molecule has 160 valence electrons. The van der Waals surface area contributed by atoms with Crippen molar-refractivity contribution in [1.82, 2.24) is 5.43 Å². The Kier molecular flexibility index (Phi) is 7.55. The Hall–Kier alpha value is -3.02. The van der Waals surface area contributed by atoms with Gasteiger partial charge in [0.2, 0.25) is 0 Å². The zero-order chi connectivity index (χ0) is 22.4. The van der Waals surface area contributed by atoms with Crippen LogP contribution in [0.2, 0.25) is 10.0 Å². The van der Waals surface area contributed by atoms with Crippen LogP contribution in [0.5, 0.6) is 11.5 Å². The van der Waals surface area contributed by atoms with Crippen molar-refractivity contribution in [2.75, 3.05) is 0 Å².